The average molecular weight is 1570 g/mol. The van der Waals surface area contributed by atoms with Crippen LogP contribution in [0.1, 0.15) is 134 Å². The normalized spacial score (nSPS) is 15.5. The third-order valence-electron chi connectivity index (χ3n) is 18.4. The van der Waals surface area contributed by atoms with Gasteiger partial charge in [-0.05, 0) is 144 Å². The Hall–Kier alpha value is -10.9. The Balaban J connectivity index is 1.43. The van der Waals surface area contributed by atoms with Gasteiger partial charge in [0, 0.05) is 68.0 Å². The van der Waals surface area contributed by atoms with E-state index in [2.05, 4.69) is 75.8 Å². The van der Waals surface area contributed by atoms with Crippen LogP contribution in [0.15, 0.2) is 90.1 Å². The van der Waals surface area contributed by atoms with Gasteiger partial charge in [0.1, 0.15) is 72.2 Å². The maximum atomic E-state index is 15.2. The van der Waals surface area contributed by atoms with Crippen LogP contribution in [0.5, 0.6) is 5.75 Å². The van der Waals surface area contributed by atoms with Crippen molar-refractivity contribution in [1.29, 1.82) is 0 Å². The molecule has 0 aliphatic carbocycles. The van der Waals surface area contributed by atoms with Crippen molar-refractivity contribution in [3.8, 4) is 5.75 Å². The number of benzene rings is 3. The monoisotopic (exact) mass is 1570 g/mol. The van der Waals surface area contributed by atoms with Crippen molar-refractivity contribution in [2.45, 2.75) is 209 Å². The fourth-order valence-electron chi connectivity index (χ4n) is 12.4. The van der Waals surface area contributed by atoms with Gasteiger partial charge >= 0.3 is 11.9 Å². The van der Waals surface area contributed by atoms with Gasteiger partial charge in [0.15, 0.2) is 5.96 Å². The van der Waals surface area contributed by atoms with Gasteiger partial charge in [0.25, 0.3) is 0 Å². The Morgan fingerprint density at radius 1 is 0.523 bits per heavy atom. The van der Waals surface area contributed by atoms with Crippen molar-refractivity contribution in [3.63, 3.8) is 0 Å². The molecular weight excluding hydrogens is 1460 g/mol. The maximum absolute atomic E-state index is 15.2. The highest BCUT2D eigenvalue weighted by Crippen LogP contribution is 2.24. The number of nitrogens with two attached hydrogens (primary N) is 6. The number of aliphatic carboxylic acids is 2. The second kappa shape index (κ2) is 46.6. The van der Waals surface area contributed by atoms with Gasteiger partial charge in [-0.1, -0.05) is 74.5 Å². The number of aromatic hydroxyl groups is 1. The number of carboxylic acid groups (broad SMARTS) is 2. The van der Waals surface area contributed by atoms with E-state index >= 15 is 9.59 Å². The number of para-hydroxylation sites is 1. The molecule has 1 aliphatic rings. The molecule has 12 atom stereocenters. The van der Waals surface area contributed by atoms with E-state index in [1.165, 1.54) is 36.1 Å². The topological polar surface area (TPSA) is 607 Å². The lowest BCUT2D eigenvalue weighted by Crippen LogP contribution is -2.61. The van der Waals surface area contributed by atoms with Gasteiger partial charge in [0.05, 0.1) is 6.04 Å². The van der Waals surface area contributed by atoms with E-state index in [0.29, 0.717) is 46.9 Å². The summed E-state index contributed by atoms with van der Waals surface area (Å²) in [6.45, 7) is 5.26. The van der Waals surface area contributed by atoms with E-state index in [4.69, 9.17) is 34.4 Å². The number of rotatable bonds is 49. The number of carboxylic acids is 2. The van der Waals surface area contributed by atoms with Gasteiger partial charge in [-0.15, -0.1) is 0 Å². The predicted octanol–water partition coefficient (Wildman–Crippen LogP) is -2.41. The number of fused-ring (bicyclic) bond motifs is 1. The number of phenols is 1. The van der Waals surface area contributed by atoms with Crippen LogP contribution in [0.2, 0.25) is 0 Å². The number of nitrogens with zero attached hydrogens (tertiary/aromatic N) is 2. The van der Waals surface area contributed by atoms with E-state index in [1.54, 1.807) is 74.6 Å². The first-order chi connectivity index (χ1) is 52.8. The zero-order chi connectivity index (χ0) is 81.9. The van der Waals surface area contributed by atoms with Crippen LogP contribution < -0.4 is 87.6 Å². The number of thiol groups is 1. The Morgan fingerprint density at radius 3 is 1.53 bits per heavy atom. The second-order valence-corrected chi connectivity index (χ2v) is 28.2. The molecule has 3 aromatic carbocycles. The number of carbonyl (C=O) groups is 14. The zero-order valence-corrected chi connectivity index (χ0v) is 63.6. The number of aromatic nitrogens is 1. The summed E-state index contributed by atoms with van der Waals surface area (Å²) in [6, 6.07) is 4.35. The van der Waals surface area contributed by atoms with Gasteiger partial charge in [-0.2, -0.15) is 12.6 Å². The van der Waals surface area contributed by atoms with Crippen molar-refractivity contribution >= 4 is 112 Å². The molecule has 36 nitrogen and oxygen atoms in total. The van der Waals surface area contributed by atoms with Crippen molar-refractivity contribution < 1.29 is 82.4 Å². The number of unbranched alkanes of at least 4 members (excludes halogenated alkanes) is 2. The van der Waals surface area contributed by atoms with Crippen molar-refractivity contribution in [2.24, 2.45) is 45.3 Å². The summed E-state index contributed by atoms with van der Waals surface area (Å²) in [5, 5.41) is 56.8. The number of primary amides is 1. The molecule has 0 bridgehead atoms. The van der Waals surface area contributed by atoms with E-state index < -0.39 is 175 Å². The molecule has 1 aliphatic heterocycles. The first-order valence-corrected chi connectivity index (χ1v) is 37.7. The van der Waals surface area contributed by atoms with E-state index in [0.717, 1.165) is 0 Å². The fourth-order valence-corrected chi connectivity index (χ4v) is 12.6. The molecule has 0 radical (unpaired) electrons. The second-order valence-electron chi connectivity index (χ2n) is 27.8. The van der Waals surface area contributed by atoms with Crippen LogP contribution in [-0.4, -0.2) is 218 Å². The van der Waals surface area contributed by atoms with Gasteiger partial charge in [0.2, 0.25) is 70.9 Å². The molecule has 608 valence electrons. The summed E-state index contributed by atoms with van der Waals surface area (Å²) in [5.74, 6) is -14.4. The first-order valence-electron chi connectivity index (χ1n) is 37.1. The number of amides is 12. The van der Waals surface area contributed by atoms with Crippen LogP contribution in [-0.2, 0) is 86.4 Å². The Labute approximate surface area is 648 Å². The van der Waals surface area contributed by atoms with Crippen LogP contribution in [0.3, 0.4) is 0 Å². The highest BCUT2D eigenvalue weighted by atomic mass is 32.1. The largest absolute Gasteiger partial charge is 0.508 e. The van der Waals surface area contributed by atoms with Crippen LogP contribution in [0.4, 0.5) is 0 Å². The number of aromatic amines is 1. The summed E-state index contributed by atoms with van der Waals surface area (Å²) in [5.41, 5.74) is 36.2. The SMILES string of the molecule is CC(C)C[C@H](NC(=O)[C@H](CS)NC(=O)[C@H](Cc1ccc(O)cc1)NC(=O)[C@H](Cc1ccccc1)NC(=O)[C@H](C)N)C(=O)N[C@@H](CCCCN)C(=O)N[C@@H](CCC(=O)O)C(=O)N[C@@H](Cc1c[nH]c2ccccc12)C(=O)N[C@@H](CCCN=C(N)N)C(=O)N1CCC[C@H]1C(=O)N[C@@H](CCC(N)=O)C(=O)N[C@@H](CCCCN)C(=O)O. The molecule has 12 amide bonds. The number of H-pyrrole nitrogens is 1. The first kappa shape index (κ1) is 90.7. The summed E-state index contributed by atoms with van der Waals surface area (Å²) in [4.78, 5) is 203. The van der Waals surface area contributed by atoms with E-state index in [-0.39, 0.29) is 127 Å². The molecule has 26 N–H and O–H groups in total. The predicted molar refractivity (Wildman–Crippen MR) is 414 cm³/mol. The summed E-state index contributed by atoms with van der Waals surface area (Å²) >= 11 is 4.38. The minimum atomic E-state index is -1.75. The molecule has 1 fully saturated rings. The van der Waals surface area contributed by atoms with Gasteiger partial charge in [-0.3, -0.25) is 67.3 Å². The lowest BCUT2D eigenvalue weighted by molar-refractivity contribution is -0.144. The smallest absolute Gasteiger partial charge is 0.326 e. The molecule has 1 saturated heterocycles. The fraction of sp³-hybridized carbons (Fsp3) is 0.527. The molecule has 2 heterocycles. The maximum Gasteiger partial charge on any atom is 0.326 e. The van der Waals surface area contributed by atoms with Crippen LogP contribution in [0, 0.1) is 5.92 Å². The number of nitrogens with one attached hydrogen (secondary N) is 11. The molecule has 0 unspecified atom stereocenters. The molecular formula is C74H109N19O17S. The lowest BCUT2D eigenvalue weighted by atomic mass is 10.0. The minimum Gasteiger partial charge on any atom is -0.508 e. The molecule has 0 spiro atoms. The average Bonchev–Trinajstić information content (AvgIpc) is 1.77. The highest BCUT2D eigenvalue weighted by Gasteiger charge is 2.41. The molecule has 4 aromatic rings. The molecule has 0 saturated carbocycles. The minimum absolute atomic E-state index is 0.0000463. The standard InChI is InChI=1S/C74H109N19O17S/c1-41(2)35-54(89-70(106)58(40-111)92-68(104)56(37-44-23-25-46(94)26-24-44)90-67(103)55(88-62(98)42(3)77)36-43-15-5-4-6-16-43)66(102)83-49(19-9-11-31-75)63(99)84-51(28-30-61(96)97)65(101)91-57(38-45-39-82-48-18-8-7-17-47(45)48)69(105)86-52(21-13-33-81-74(79)80)72(108)93-34-14-22-59(93)71(107)85-50(27-29-60(78)95)64(100)87-53(73(109)110)20-10-12-32-76/h4-8,15-18,23-26,39,41-42,49-59,82,94,111H,9-14,19-22,27-38,40,75-77H2,1-3H3,(H2,78,95)(H,83,102)(H,84,99)(H,85,107)(H,86,105)(H,87,100)(H,88,98)(H,89,106)(H,90,103)(H,91,101)(H,92,104)(H,96,97)(H,109,110)(H4,79,80,81)/t42-,49-,50-,51-,52-,53-,54-,55-,56-,57-,58-,59-/m0/s1. The third-order valence-corrected chi connectivity index (χ3v) is 18.7. The van der Waals surface area contributed by atoms with Gasteiger partial charge in [-0.25, -0.2) is 4.79 Å². The summed E-state index contributed by atoms with van der Waals surface area (Å²) < 4.78 is 0. The van der Waals surface area contributed by atoms with Crippen molar-refractivity contribution in [2.75, 3.05) is 31.9 Å². The summed E-state index contributed by atoms with van der Waals surface area (Å²) in [7, 11) is 0. The highest BCUT2D eigenvalue weighted by molar-refractivity contribution is 7.80. The van der Waals surface area contributed by atoms with E-state index in [9.17, 15) is 72.9 Å². The van der Waals surface area contributed by atoms with Crippen molar-refractivity contribution in [1.82, 2.24) is 63.1 Å². The van der Waals surface area contributed by atoms with Crippen molar-refractivity contribution in [3.05, 3.63) is 102 Å². The number of likely N-dealkylation sites (tertiary alicyclic amines) is 1. The van der Waals surface area contributed by atoms with Crippen LogP contribution in [0.25, 0.3) is 10.9 Å². The Kier molecular flexibility index (Phi) is 38.0. The molecule has 37 heteroatoms. The quantitative estimate of drug-likeness (QED) is 0.00948. The van der Waals surface area contributed by atoms with Crippen LogP contribution >= 0.6 is 12.6 Å². The Bertz CT molecular complexity index is 3840. The van der Waals surface area contributed by atoms with E-state index in [1.807, 2.05) is 0 Å². The number of aliphatic imine (C=N–C) groups is 1. The van der Waals surface area contributed by atoms with Gasteiger partial charge < -0.3 is 113 Å². The number of guanidine groups is 1. The zero-order valence-electron chi connectivity index (χ0n) is 62.7. The summed E-state index contributed by atoms with van der Waals surface area (Å²) in [6.07, 6.45) is 0.426. The number of phenolic OH excluding ortho intramolecular Hbond substituents is 1. The molecule has 5 rings (SSSR count). The number of hydrogen-bond donors (Lipinski definition) is 21. The number of hydrogen-bond acceptors (Lipinski definition) is 20. The molecule has 111 heavy (non-hydrogen) atoms. The third kappa shape index (κ3) is 30.8. The lowest BCUT2D eigenvalue weighted by Gasteiger charge is -2.31. The number of carbonyl (C=O) groups excluding carboxylic acids is 12. The Morgan fingerprint density at radius 2 is 0.982 bits per heavy atom. The molecule has 1 aromatic heterocycles.